The van der Waals surface area contributed by atoms with E-state index in [4.69, 9.17) is 0 Å². The number of hydrogen-bond donors (Lipinski definition) is 0. The fourth-order valence-corrected chi connectivity index (χ4v) is 4.22. The Labute approximate surface area is 192 Å². The largest absolute Gasteiger partial charge is 0.429 e. The van der Waals surface area contributed by atoms with Gasteiger partial charge in [0, 0.05) is 5.56 Å². The van der Waals surface area contributed by atoms with E-state index in [0.717, 1.165) is 24.3 Å². The van der Waals surface area contributed by atoms with E-state index in [-0.39, 0.29) is 29.5 Å². The lowest BCUT2D eigenvalue weighted by atomic mass is 9.82. The zero-order valence-corrected chi connectivity index (χ0v) is 18.2. The molecule has 1 nitrogen and oxygen atoms in total. The maximum absolute atomic E-state index is 14.7. The minimum Gasteiger partial charge on any atom is -0.429 e. The fraction of sp³-hybridized carbons (Fsp3) is 0.308. The molecule has 34 heavy (non-hydrogen) atoms. The van der Waals surface area contributed by atoms with Crippen LogP contribution in [-0.2, 0) is 0 Å². The second kappa shape index (κ2) is 9.31. The van der Waals surface area contributed by atoms with Gasteiger partial charge in [0.1, 0.15) is 0 Å². The molecule has 0 N–H and O–H groups in total. The van der Waals surface area contributed by atoms with Crippen LogP contribution in [0.2, 0.25) is 0 Å². The molecule has 1 saturated carbocycles. The Hall–Kier alpha value is -3.03. The SMILES string of the molecule is CC1CCC(C(F)(F)Oc2ccc(-c3ccc(-c4cc(F)c(F)c(F)c4)cc3)c(F)c2F)CC1. The smallest absolute Gasteiger partial charge is 0.400 e. The monoisotopic (exact) mass is 482 g/mol. The molecule has 1 aliphatic rings. The van der Waals surface area contributed by atoms with Crippen molar-refractivity contribution in [3.05, 3.63) is 77.6 Å². The first-order valence-electron chi connectivity index (χ1n) is 10.9. The van der Waals surface area contributed by atoms with E-state index in [0.29, 0.717) is 24.3 Å². The van der Waals surface area contributed by atoms with Gasteiger partial charge in [-0.2, -0.15) is 13.2 Å². The Balaban J connectivity index is 1.56. The van der Waals surface area contributed by atoms with Crippen LogP contribution in [0.25, 0.3) is 22.3 Å². The number of halogens is 7. The summed E-state index contributed by atoms with van der Waals surface area (Å²) in [6, 6.07) is 9.21. The molecular formula is C26H21F7O. The molecular weight excluding hydrogens is 461 g/mol. The van der Waals surface area contributed by atoms with Crippen LogP contribution < -0.4 is 4.74 Å². The summed E-state index contributed by atoms with van der Waals surface area (Å²) in [7, 11) is 0. The summed E-state index contributed by atoms with van der Waals surface area (Å²) in [6.45, 7) is 1.98. The molecule has 0 aromatic heterocycles. The zero-order valence-electron chi connectivity index (χ0n) is 18.2. The summed E-state index contributed by atoms with van der Waals surface area (Å²) in [4.78, 5) is 0. The lowest BCUT2D eigenvalue weighted by molar-refractivity contribution is -0.224. The molecule has 0 amide bonds. The van der Waals surface area contributed by atoms with Crippen LogP contribution in [-0.4, -0.2) is 6.11 Å². The van der Waals surface area contributed by atoms with Gasteiger partial charge in [0.15, 0.2) is 29.0 Å². The maximum Gasteiger partial charge on any atom is 0.400 e. The normalized spacial score (nSPS) is 18.7. The highest BCUT2D eigenvalue weighted by atomic mass is 19.3. The molecule has 4 rings (SSSR count). The Morgan fingerprint density at radius 3 is 1.82 bits per heavy atom. The third-order valence-electron chi connectivity index (χ3n) is 6.30. The molecule has 1 fully saturated rings. The van der Waals surface area contributed by atoms with Crippen molar-refractivity contribution in [3.8, 4) is 28.0 Å². The van der Waals surface area contributed by atoms with Crippen molar-refractivity contribution < 1.29 is 35.5 Å². The predicted molar refractivity (Wildman–Crippen MR) is 114 cm³/mol. The van der Waals surface area contributed by atoms with Crippen LogP contribution in [0.1, 0.15) is 32.6 Å². The highest BCUT2D eigenvalue weighted by Gasteiger charge is 2.44. The van der Waals surface area contributed by atoms with Crippen LogP contribution in [0.15, 0.2) is 48.5 Å². The van der Waals surface area contributed by atoms with E-state index >= 15 is 0 Å². The molecule has 180 valence electrons. The van der Waals surface area contributed by atoms with Crippen molar-refractivity contribution in [3.63, 3.8) is 0 Å². The zero-order chi connectivity index (χ0) is 24.6. The number of benzene rings is 3. The van der Waals surface area contributed by atoms with Gasteiger partial charge < -0.3 is 4.74 Å². The predicted octanol–water partition coefficient (Wildman–Crippen LogP) is 8.51. The van der Waals surface area contributed by atoms with Crippen molar-refractivity contribution in [1.82, 2.24) is 0 Å². The minimum atomic E-state index is -3.63. The topological polar surface area (TPSA) is 9.23 Å². The summed E-state index contributed by atoms with van der Waals surface area (Å²) in [5, 5.41) is 0. The summed E-state index contributed by atoms with van der Waals surface area (Å²) in [5.41, 5.74) is 0.354. The van der Waals surface area contributed by atoms with E-state index in [2.05, 4.69) is 4.74 Å². The first-order valence-corrected chi connectivity index (χ1v) is 10.9. The Morgan fingerprint density at radius 2 is 1.24 bits per heavy atom. The fourth-order valence-electron chi connectivity index (χ4n) is 4.22. The minimum absolute atomic E-state index is 0.0534. The molecule has 3 aromatic carbocycles. The van der Waals surface area contributed by atoms with Crippen LogP contribution in [0, 0.1) is 40.9 Å². The number of hydrogen-bond acceptors (Lipinski definition) is 1. The average Bonchev–Trinajstić information content (AvgIpc) is 2.81. The third kappa shape index (κ3) is 4.76. The van der Waals surface area contributed by atoms with Crippen LogP contribution in [0.5, 0.6) is 5.75 Å². The van der Waals surface area contributed by atoms with Gasteiger partial charge in [-0.25, -0.2) is 17.6 Å². The first-order chi connectivity index (χ1) is 16.1. The van der Waals surface area contributed by atoms with Gasteiger partial charge in [-0.1, -0.05) is 44.0 Å². The van der Waals surface area contributed by atoms with E-state index in [1.54, 1.807) is 0 Å². The average molecular weight is 482 g/mol. The second-order valence-corrected chi connectivity index (χ2v) is 8.69. The van der Waals surface area contributed by atoms with Crippen molar-refractivity contribution >= 4 is 0 Å². The first kappa shape index (κ1) is 24.1. The summed E-state index contributed by atoms with van der Waals surface area (Å²) < 4.78 is 103. The molecule has 0 saturated heterocycles. The van der Waals surface area contributed by atoms with Crippen LogP contribution >= 0.6 is 0 Å². The van der Waals surface area contributed by atoms with E-state index < -0.39 is 46.9 Å². The van der Waals surface area contributed by atoms with Crippen molar-refractivity contribution in [2.75, 3.05) is 0 Å². The van der Waals surface area contributed by atoms with Gasteiger partial charge in [0.05, 0.1) is 5.92 Å². The van der Waals surface area contributed by atoms with Gasteiger partial charge in [0.25, 0.3) is 0 Å². The molecule has 0 heterocycles. The summed E-state index contributed by atoms with van der Waals surface area (Å²) in [6.07, 6.45) is -1.91. The molecule has 0 unspecified atom stereocenters. The van der Waals surface area contributed by atoms with E-state index in [1.165, 1.54) is 24.3 Å². The third-order valence-corrected chi connectivity index (χ3v) is 6.30. The standard InChI is InChI=1S/C26H21F7O/c1-14-2-8-18(9-3-14)26(32,33)34-22-11-10-19(23(29)25(22)31)16-6-4-15(5-7-16)17-12-20(27)24(30)21(28)13-17/h4-7,10-14,18H,2-3,8-9H2,1H3. The number of ether oxygens (including phenoxy) is 1. The molecule has 1 aliphatic carbocycles. The molecule has 3 aromatic rings. The molecule has 0 spiro atoms. The van der Waals surface area contributed by atoms with Gasteiger partial charge in [-0.15, -0.1) is 0 Å². The van der Waals surface area contributed by atoms with Crippen LogP contribution in [0.4, 0.5) is 30.7 Å². The molecule has 0 atom stereocenters. The van der Waals surface area contributed by atoms with E-state index in [9.17, 15) is 30.7 Å². The van der Waals surface area contributed by atoms with Gasteiger partial charge in [-0.05, 0) is 59.7 Å². The van der Waals surface area contributed by atoms with Crippen molar-refractivity contribution in [2.24, 2.45) is 11.8 Å². The van der Waals surface area contributed by atoms with Crippen molar-refractivity contribution in [1.29, 1.82) is 0 Å². The van der Waals surface area contributed by atoms with Gasteiger partial charge in [0.2, 0.25) is 5.82 Å². The Morgan fingerprint density at radius 1 is 0.676 bits per heavy atom. The molecule has 8 heteroatoms. The van der Waals surface area contributed by atoms with E-state index in [1.807, 2.05) is 6.92 Å². The summed E-state index contributed by atoms with van der Waals surface area (Å²) in [5.74, 6) is -8.81. The number of rotatable bonds is 5. The number of alkyl halides is 2. The van der Waals surface area contributed by atoms with Crippen LogP contribution in [0.3, 0.4) is 0 Å². The van der Waals surface area contributed by atoms with Crippen molar-refractivity contribution in [2.45, 2.75) is 38.7 Å². The lowest BCUT2D eigenvalue weighted by Gasteiger charge is -2.32. The maximum atomic E-state index is 14.7. The Kier molecular flexibility index (Phi) is 6.60. The highest BCUT2D eigenvalue weighted by molar-refractivity contribution is 5.71. The second-order valence-electron chi connectivity index (χ2n) is 8.69. The quantitative estimate of drug-likeness (QED) is 0.262. The highest BCUT2D eigenvalue weighted by Crippen LogP contribution is 2.41. The molecule has 0 radical (unpaired) electrons. The Bertz CT molecular complexity index is 1160. The summed E-state index contributed by atoms with van der Waals surface area (Å²) >= 11 is 0. The molecule has 0 bridgehead atoms. The molecule has 0 aliphatic heterocycles. The van der Waals surface area contributed by atoms with Gasteiger partial charge >= 0.3 is 6.11 Å². The van der Waals surface area contributed by atoms with Gasteiger partial charge in [-0.3, -0.25) is 0 Å². The lowest BCUT2D eigenvalue weighted by Crippen LogP contribution is -2.37.